The molecule has 4 heteroatoms. The van der Waals surface area contributed by atoms with E-state index in [2.05, 4.69) is 39.0 Å². The molecule has 78 valence electrons. The molecule has 0 atom stereocenters. The first-order valence-electron chi connectivity index (χ1n) is 4.67. The minimum atomic E-state index is 0.592. The molecule has 1 N–H and O–H groups in total. The van der Waals surface area contributed by atoms with Crippen LogP contribution >= 0.6 is 22.6 Å². The van der Waals surface area contributed by atoms with Crippen molar-refractivity contribution in [1.82, 2.24) is 4.98 Å². The summed E-state index contributed by atoms with van der Waals surface area (Å²) in [6.45, 7) is 0. The van der Waals surface area contributed by atoms with Crippen LogP contribution in [0.5, 0.6) is 0 Å². The standard InChI is InChI=1S/C12H8IN3/c13-10-3-1-2-4-11(10)16-12-8-15-6-5-9(12)7-14/h1-6,8,16H. The first-order valence-corrected chi connectivity index (χ1v) is 5.75. The van der Waals surface area contributed by atoms with Gasteiger partial charge in [0, 0.05) is 9.77 Å². The van der Waals surface area contributed by atoms with Gasteiger partial charge in [0.25, 0.3) is 0 Å². The van der Waals surface area contributed by atoms with Crippen LogP contribution in [0.4, 0.5) is 11.4 Å². The van der Waals surface area contributed by atoms with E-state index in [1.165, 1.54) is 0 Å². The smallest absolute Gasteiger partial charge is 0.101 e. The van der Waals surface area contributed by atoms with Crippen molar-refractivity contribution in [2.24, 2.45) is 0 Å². The van der Waals surface area contributed by atoms with Gasteiger partial charge in [-0.25, -0.2) is 0 Å². The van der Waals surface area contributed by atoms with Crippen molar-refractivity contribution in [3.05, 3.63) is 51.9 Å². The van der Waals surface area contributed by atoms with Gasteiger partial charge in [-0.1, -0.05) is 12.1 Å². The van der Waals surface area contributed by atoms with E-state index in [4.69, 9.17) is 5.26 Å². The molecule has 0 radical (unpaired) electrons. The number of para-hydroxylation sites is 1. The molecule has 0 unspecified atom stereocenters. The predicted octanol–water partition coefficient (Wildman–Crippen LogP) is 3.30. The van der Waals surface area contributed by atoms with Crippen LogP contribution in [-0.2, 0) is 0 Å². The fourth-order valence-electron chi connectivity index (χ4n) is 1.30. The minimum Gasteiger partial charge on any atom is -0.352 e. The van der Waals surface area contributed by atoms with Crippen LogP contribution in [0.3, 0.4) is 0 Å². The van der Waals surface area contributed by atoms with Crippen molar-refractivity contribution in [3.63, 3.8) is 0 Å². The fourth-order valence-corrected chi connectivity index (χ4v) is 1.82. The number of nitrogens with zero attached hydrogens (tertiary/aromatic N) is 2. The largest absolute Gasteiger partial charge is 0.352 e. The van der Waals surface area contributed by atoms with Gasteiger partial charge in [0.2, 0.25) is 0 Å². The van der Waals surface area contributed by atoms with Crippen molar-refractivity contribution in [2.75, 3.05) is 5.32 Å². The number of halogens is 1. The molecule has 0 bridgehead atoms. The maximum Gasteiger partial charge on any atom is 0.101 e. The molecule has 0 aliphatic carbocycles. The highest BCUT2D eigenvalue weighted by molar-refractivity contribution is 14.1. The minimum absolute atomic E-state index is 0.592. The topological polar surface area (TPSA) is 48.7 Å². The number of nitriles is 1. The quantitative estimate of drug-likeness (QED) is 0.864. The molecule has 0 aliphatic heterocycles. The summed E-state index contributed by atoms with van der Waals surface area (Å²) in [5.74, 6) is 0. The Balaban J connectivity index is 2.35. The van der Waals surface area contributed by atoms with Crippen LogP contribution in [0.2, 0.25) is 0 Å². The van der Waals surface area contributed by atoms with Crippen molar-refractivity contribution < 1.29 is 0 Å². The van der Waals surface area contributed by atoms with Crippen LogP contribution < -0.4 is 5.32 Å². The van der Waals surface area contributed by atoms with Gasteiger partial charge >= 0.3 is 0 Å². The van der Waals surface area contributed by atoms with Crippen LogP contribution in [-0.4, -0.2) is 4.98 Å². The third-order valence-electron chi connectivity index (χ3n) is 2.08. The summed E-state index contributed by atoms with van der Waals surface area (Å²) >= 11 is 2.25. The summed E-state index contributed by atoms with van der Waals surface area (Å²) in [6.07, 6.45) is 3.27. The van der Waals surface area contributed by atoms with Gasteiger partial charge in [-0.2, -0.15) is 5.26 Å². The molecular formula is C12H8IN3. The molecule has 3 nitrogen and oxygen atoms in total. The molecule has 0 spiro atoms. The van der Waals surface area contributed by atoms with E-state index < -0.39 is 0 Å². The monoisotopic (exact) mass is 321 g/mol. The molecule has 16 heavy (non-hydrogen) atoms. The normalized spacial score (nSPS) is 9.50. The number of benzene rings is 1. The molecule has 0 saturated heterocycles. The van der Waals surface area contributed by atoms with Crippen LogP contribution in [0.25, 0.3) is 0 Å². The summed E-state index contributed by atoms with van der Waals surface area (Å²) < 4.78 is 1.10. The zero-order valence-corrected chi connectivity index (χ0v) is 10.5. The van der Waals surface area contributed by atoms with Crippen molar-refractivity contribution in [3.8, 4) is 6.07 Å². The molecule has 2 rings (SSSR count). The van der Waals surface area contributed by atoms with E-state index in [1.54, 1.807) is 18.5 Å². The zero-order chi connectivity index (χ0) is 11.4. The number of hydrogen-bond acceptors (Lipinski definition) is 3. The van der Waals surface area contributed by atoms with Gasteiger partial charge < -0.3 is 5.32 Å². The number of anilines is 2. The highest BCUT2D eigenvalue weighted by Gasteiger charge is 2.03. The third kappa shape index (κ3) is 2.31. The van der Waals surface area contributed by atoms with E-state index in [-0.39, 0.29) is 0 Å². The third-order valence-corrected chi connectivity index (χ3v) is 3.03. The van der Waals surface area contributed by atoms with E-state index in [0.29, 0.717) is 5.56 Å². The lowest BCUT2D eigenvalue weighted by Crippen LogP contribution is -1.95. The number of aromatic nitrogens is 1. The SMILES string of the molecule is N#Cc1ccncc1Nc1ccccc1I. The lowest BCUT2D eigenvalue weighted by atomic mass is 10.2. The number of hydrogen-bond donors (Lipinski definition) is 1. The lowest BCUT2D eigenvalue weighted by Gasteiger charge is -2.08. The van der Waals surface area contributed by atoms with E-state index in [1.807, 2.05) is 24.3 Å². The Hall–Kier alpha value is -1.61. The predicted molar refractivity (Wildman–Crippen MR) is 71.4 cm³/mol. The van der Waals surface area contributed by atoms with Gasteiger partial charge in [-0.3, -0.25) is 4.98 Å². The van der Waals surface area contributed by atoms with E-state index in [9.17, 15) is 0 Å². The Kier molecular flexibility index (Phi) is 3.37. The second kappa shape index (κ2) is 4.94. The lowest BCUT2D eigenvalue weighted by molar-refractivity contribution is 1.30. The average molecular weight is 321 g/mol. The van der Waals surface area contributed by atoms with Crippen molar-refractivity contribution >= 4 is 34.0 Å². The summed E-state index contributed by atoms with van der Waals surface area (Å²) in [6, 6.07) is 11.7. The second-order valence-electron chi connectivity index (χ2n) is 3.14. The number of rotatable bonds is 2. The maximum atomic E-state index is 8.95. The van der Waals surface area contributed by atoms with Gasteiger partial charge in [-0.15, -0.1) is 0 Å². The van der Waals surface area contributed by atoms with Gasteiger partial charge in [0.15, 0.2) is 0 Å². The molecule has 1 aromatic carbocycles. The maximum absolute atomic E-state index is 8.95. The molecular weight excluding hydrogens is 313 g/mol. The number of pyridine rings is 1. The molecule has 0 amide bonds. The molecule has 0 fully saturated rings. The highest BCUT2D eigenvalue weighted by Crippen LogP contribution is 2.23. The molecule has 0 aliphatic rings. The van der Waals surface area contributed by atoms with Crippen LogP contribution in [0.15, 0.2) is 42.7 Å². The Morgan fingerprint density at radius 3 is 2.75 bits per heavy atom. The molecule has 1 heterocycles. The summed E-state index contributed by atoms with van der Waals surface area (Å²) in [4.78, 5) is 4.00. The average Bonchev–Trinajstić information content (AvgIpc) is 2.33. The zero-order valence-electron chi connectivity index (χ0n) is 8.31. The van der Waals surface area contributed by atoms with E-state index in [0.717, 1.165) is 14.9 Å². The van der Waals surface area contributed by atoms with Crippen LogP contribution in [0, 0.1) is 14.9 Å². The summed E-state index contributed by atoms with van der Waals surface area (Å²) in [7, 11) is 0. The highest BCUT2D eigenvalue weighted by atomic mass is 127. The van der Waals surface area contributed by atoms with Gasteiger partial charge in [-0.05, 0) is 40.8 Å². The first-order chi connectivity index (χ1) is 7.81. The Bertz CT molecular complexity index is 546. The van der Waals surface area contributed by atoms with Gasteiger partial charge in [0.05, 0.1) is 23.1 Å². The molecule has 1 aromatic heterocycles. The summed E-state index contributed by atoms with van der Waals surface area (Å²) in [5.41, 5.74) is 2.30. The van der Waals surface area contributed by atoms with E-state index >= 15 is 0 Å². The fraction of sp³-hybridized carbons (Fsp3) is 0. The van der Waals surface area contributed by atoms with Gasteiger partial charge in [0.1, 0.15) is 6.07 Å². The Morgan fingerprint density at radius 2 is 2.00 bits per heavy atom. The Labute approximate surface area is 107 Å². The second-order valence-corrected chi connectivity index (χ2v) is 4.30. The first kappa shape index (κ1) is 10.9. The molecule has 2 aromatic rings. The summed E-state index contributed by atoms with van der Waals surface area (Å²) in [5, 5.41) is 12.1. The number of nitrogens with one attached hydrogen (secondary N) is 1. The van der Waals surface area contributed by atoms with Crippen LogP contribution in [0.1, 0.15) is 5.56 Å². The van der Waals surface area contributed by atoms with Crippen molar-refractivity contribution in [2.45, 2.75) is 0 Å². The Morgan fingerprint density at radius 1 is 1.19 bits per heavy atom. The van der Waals surface area contributed by atoms with Crippen molar-refractivity contribution in [1.29, 1.82) is 5.26 Å². The molecule has 0 saturated carbocycles.